The zero-order chi connectivity index (χ0) is 20.1. The molecule has 1 N–H and O–H groups in total. The highest BCUT2D eigenvalue weighted by Gasteiger charge is 2.18. The molecule has 7 nitrogen and oxygen atoms in total. The summed E-state index contributed by atoms with van der Waals surface area (Å²) in [5.74, 6) is -0.352. The number of para-hydroxylation sites is 1. The number of nitrogens with zero attached hydrogens (tertiary/aromatic N) is 3. The third kappa shape index (κ3) is 4.35. The number of fused-ring (bicyclic) bond motifs is 1. The molecule has 0 bridgehead atoms. The largest absolute Gasteiger partial charge is 0.324 e. The van der Waals surface area contributed by atoms with Gasteiger partial charge in [0.05, 0.1) is 17.2 Å². The molecule has 1 unspecified atom stereocenters. The first-order chi connectivity index (χ1) is 13.5. The van der Waals surface area contributed by atoms with Crippen LogP contribution in [0.4, 0.5) is 5.69 Å². The van der Waals surface area contributed by atoms with Gasteiger partial charge in [-0.1, -0.05) is 22.4 Å². The van der Waals surface area contributed by atoms with E-state index >= 15 is 0 Å². The number of hydrogen-bond acceptors (Lipinski definition) is 4. The number of carbonyl (C=O) groups is 1. The van der Waals surface area contributed by atoms with Crippen LogP contribution >= 0.6 is 0 Å². The van der Waals surface area contributed by atoms with Gasteiger partial charge in [0.25, 0.3) is 5.56 Å². The number of thiol groups is 1. The summed E-state index contributed by atoms with van der Waals surface area (Å²) in [6.45, 7) is 5.12. The molecule has 3 aromatic rings. The smallest absolute Gasteiger partial charge is 0.261 e. The molecule has 1 amide bonds. The Morgan fingerprint density at radius 2 is 1.89 bits per heavy atom. The van der Waals surface area contributed by atoms with E-state index < -0.39 is 11.0 Å². The number of hydrogen-bond donors (Lipinski definition) is 1. The molecule has 2 aromatic carbocycles. The van der Waals surface area contributed by atoms with Crippen molar-refractivity contribution in [2.75, 3.05) is 18.4 Å². The summed E-state index contributed by atoms with van der Waals surface area (Å²) in [4.78, 5) is 29.8. The molecular formula is C20H23N4O3S+. The van der Waals surface area contributed by atoms with Gasteiger partial charge < -0.3 is 5.32 Å². The molecule has 1 aromatic heterocycles. The van der Waals surface area contributed by atoms with Crippen LogP contribution in [0.1, 0.15) is 13.8 Å². The van der Waals surface area contributed by atoms with Crippen LogP contribution < -0.4 is 10.9 Å². The lowest BCUT2D eigenvalue weighted by Gasteiger charge is -2.11. The Balaban J connectivity index is 1.75. The van der Waals surface area contributed by atoms with E-state index in [4.69, 9.17) is 0 Å². The first-order valence-corrected chi connectivity index (χ1v) is 10.3. The van der Waals surface area contributed by atoms with Crippen molar-refractivity contribution < 1.29 is 9.00 Å². The molecule has 0 saturated heterocycles. The van der Waals surface area contributed by atoms with Crippen molar-refractivity contribution in [2.24, 2.45) is 0 Å². The third-order valence-corrected chi connectivity index (χ3v) is 6.18. The summed E-state index contributed by atoms with van der Waals surface area (Å²) in [5.41, 5.74) is 0.871. The van der Waals surface area contributed by atoms with Crippen LogP contribution in [0.3, 0.4) is 0 Å². The number of carbonyl (C=O) groups excluding carboxylic acids is 1. The van der Waals surface area contributed by atoms with E-state index in [1.807, 2.05) is 24.2 Å². The molecule has 0 aliphatic heterocycles. The molecule has 28 heavy (non-hydrogen) atoms. The molecule has 0 spiro atoms. The van der Waals surface area contributed by atoms with Gasteiger partial charge in [0.15, 0.2) is 15.9 Å². The molecule has 0 saturated carbocycles. The monoisotopic (exact) mass is 399 g/mol. The van der Waals surface area contributed by atoms with Crippen molar-refractivity contribution in [3.8, 4) is 0 Å². The lowest BCUT2D eigenvalue weighted by Crippen LogP contribution is -2.28. The standard InChI is InChI=1S/C20H22N4O3S/c1-3-24(4-2)28(27)16-9-7-8-15(12-16)22-19(25)13-23-14-21-18-11-6-5-10-17(18)20(23)26/h5-12,14H,3-4,13H2,1-2H3,(H,22,25)/p+1. The number of nitrogens with one attached hydrogen (secondary N) is 1. The molecule has 0 radical (unpaired) electrons. The van der Waals surface area contributed by atoms with Crippen LogP contribution in [0.2, 0.25) is 0 Å². The van der Waals surface area contributed by atoms with Gasteiger partial charge in [0.2, 0.25) is 5.91 Å². The molecule has 0 fully saturated rings. The first-order valence-electron chi connectivity index (χ1n) is 9.09. The number of rotatable bonds is 7. The average Bonchev–Trinajstić information content (AvgIpc) is 2.71. The van der Waals surface area contributed by atoms with Crippen LogP contribution in [0.25, 0.3) is 10.9 Å². The van der Waals surface area contributed by atoms with Crippen molar-refractivity contribution in [1.82, 2.24) is 13.9 Å². The van der Waals surface area contributed by atoms with Crippen molar-refractivity contribution >= 4 is 33.5 Å². The van der Waals surface area contributed by atoms with Crippen LogP contribution in [-0.2, 0) is 26.5 Å². The number of amides is 1. The van der Waals surface area contributed by atoms with Gasteiger partial charge in [-0.25, -0.2) is 4.98 Å². The van der Waals surface area contributed by atoms with Crippen LogP contribution in [0.5, 0.6) is 0 Å². The maximum absolute atomic E-state index is 12.6. The lowest BCUT2D eigenvalue weighted by atomic mass is 10.2. The van der Waals surface area contributed by atoms with E-state index in [1.54, 1.807) is 42.5 Å². The minimum absolute atomic E-state index is 0.150. The zero-order valence-corrected chi connectivity index (χ0v) is 16.7. The summed E-state index contributed by atoms with van der Waals surface area (Å²) in [5, 5.41) is 3.23. The molecule has 1 heterocycles. The van der Waals surface area contributed by atoms with E-state index in [2.05, 4.69) is 10.3 Å². The summed E-state index contributed by atoms with van der Waals surface area (Å²) in [7, 11) is -1.69. The van der Waals surface area contributed by atoms with Gasteiger partial charge in [0, 0.05) is 24.8 Å². The fraction of sp³-hybridized carbons (Fsp3) is 0.250. The van der Waals surface area contributed by atoms with Crippen LogP contribution in [0.15, 0.2) is 64.5 Å². The fourth-order valence-corrected chi connectivity index (χ4v) is 4.22. The van der Waals surface area contributed by atoms with Gasteiger partial charge in [0.1, 0.15) is 6.54 Å². The van der Waals surface area contributed by atoms with E-state index in [1.165, 1.54) is 10.9 Å². The zero-order valence-electron chi connectivity index (χ0n) is 15.8. The minimum Gasteiger partial charge on any atom is -0.324 e. The average molecular weight is 399 g/mol. The Hall–Kier alpha value is -2.84. The Kier molecular flexibility index (Phi) is 6.33. The summed E-state index contributed by atoms with van der Waals surface area (Å²) in [6.07, 6.45) is 1.37. The van der Waals surface area contributed by atoms with E-state index in [9.17, 15) is 13.8 Å². The Morgan fingerprint density at radius 3 is 2.64 bits per heavy atom. The SMILES string of the molecule is CCN(CC)[SH+](=O)c1cccc(NC(=O)Cn2cnc3ccccc3c2=O)c1. The summed E-state index contributed by atoms with van der Waals surface area (Å²) in [6, 6.07) is 14.0. The van der Waals surface area contributed by atoms with Crippen molar-refractivity contribution in [3.05, 3.63) is 65.2 Å². The maximum Gasteiger partial charge on any atom is 0.261 e. The highest BCUT2D eigenvalue weighted by Crippen LogP contribution is 2.17. The second kappa shape index (κ2) is 8.90. The Labute approximate surface area is 165 Å². The highest BCUT2D eigenvalue weighted by molar-refractivity contribution is 7.82. The quantitative estimate of drug-likeness (QED) is 0.488. The number of benzene rings is 2. The third-order valence-electron chi connectivity index (χ3n) is 4.38. The molecule has 8 heteroatoms. The van der Waals surface area contributed by atoms with Gasteiger partial charge >= 0.3 is 0 Å². The first kappa shape index (κ1) is 19.9. The number of anilines is 1. The normalized spacial score (nSPS) is 12.2. The predicted octanol–water partition coefficient (Wildman–Crippen LogP) is 2.35. The number of aromatic nitrogens is 2. The van der Waals surface area contributed by atoms with Crippen molar-refractivity contribution in [3.63, 3.8) is 0 Å². The Morgan fingerprint density at radius 1 is 1.14 bits per heavy atom. The van der Waals surface area contributed by atoms with Gasteiger partial charge in [-0.3, -0.25) is 14.2 Å². The highest BCUT2D eigenvalue weighted by atomic mass is 32.2. The van der Waals surface area contributed by atoms with Crippen molar-refractivity contribution in [2.45, 2.75) is 25.3 Å². The molecule has 0 aliphatic rings. The topological polar surface area (TPSA) is 84.3 Å². The van der Waals surface area contributed by atoms with E-state index in [-0.39, 0.29) is 18.0 Å². The maximum atomic E-state index is 12.6. The summed E-state index contributed by atoms with van der Waals surface area (Å²) < 4.78 is 15.7. The second-order valence-electron chi connectivity index (χ2n) is 6.21. The molecule has 3 rings (SSSR count). The van der Waals surface area contributed by atoms with Gasteiger partial charge in [-0.15, -0.1) is 4.31 Å². The molecular weight excluding hydrogens is 376 g/mol. The minimum atomic E-state index is -1.69. The Bertz CT molecular complexity index is 1080. The lowest BCUT2D eigenvalue weighted by molar-refractivity contribution is -0.116. The fourth-order valence-electron chi connectivity index (χ4n) is 2.92. The van der Waals surface area contributed by atoms with E-state index in [0.717, 1.165) is 0 Å². The van der Waals surface area contributed by atoms with Crippen LogP contribution in [0, 0.1) is 0 Å². The van der Waals surface area contributed by atoms with Gasteiger partial charge in [-0.2, -0.15) is 0 Å². The van der Waals surface area contributed by atoms with E-state index in [0.29, 0.717) is 34.6 Å². The van der Waals surface area contributed by atoms with Crippen molar-refractivity contribution in [1.29, 1.82) is 0 Å². The summed E-state index contributed by atoms with van der Waals surface area (Å²) >= 11 is 0. The predicted molar refractivity (Wildman–Crippen MR) is 112 cm³/mol. The molecule has 146 valence electrons. The molecule has 0 aliphatic carbocycles. The molecule has 1 atom stereocenters. The van der Waals surface area contributed by atoms with Gasteiger partial charge in [-0.05, 0) is 38.1 Å². The second-order valence-corrected chi connectivity index (χ2v) is 7.83. The van der Waals surface area contributed by atoms with Crippen LogP contribution in [-0.4, -0.2) is 32.9 Å².